The second kappa shape index (κ2) is 13.3. The van der Waals surface area contributed by atoms with Crippen molar-refractivity contribution in [2.24, 2.45) is 5.92 Å². The predicted molar refractivity (Wildman–Crippen MR) is 137 cm³/mol. The summed E-state index contributed by atoms with van der Waals surface area (Å²) in [7, 11) is -1.98. The van der Waals surface area contributed by atoms with E-state index in [1.165, 1.54) is 0 Å². The van der Waals surface area contributed by atoms with Gasteiger partial charge >= 0.3 is 6.09 Å². The van der Waals surface area contributed by atoms with Crippen LogP contribution in [0.1, 0.15) is 44.7 Å². The third-order valence-corrected chi connectivity index (χ3v) is 7.67. The molecule has 1 aromatic carbocycles. The topological polar surface area (TPSA) is 123 Å². The van der Waals surface area contributed by atoms with Crippen LogP contribution in [0.5, 0.6) is 5.75 Å². The first-order valence-corrected chi connectivity index (χ1v) is 13.9. The number of aryl methyl sites for hydroxylation is 2. The molecular weight excluding hydrogens is 486 g/mol. The van der Waals surface area contributed by atoms with Crippen molar-refractivity contribution in [3.63, 3.8) is 0 Å². The summed E-state index contributed by atoms with van der Waals surface area (Å²) in [4.78, 5) is 26.3. The summed E-state index contributed by atoms with van der Waals surface area (Å²) in [6, 6.07) is 3.41. The first-order valence-electron chi connectivity index (χ1n) is 12.2. The summed E-state index contributed by atoms with van der Waals surface area (Å²) in [6.07, 6.45) is 1.17. The minimum atomic E-state index is -3.52. The van der Waals surface area contributed by atoms with Crippen LogP contribution in [0, 0.1) is 19.8 Å². The molecule has 0 spiro atoms. The highest BCUT2D eigenvalue weighted by atomic mass is 32.2. The first kappa shape index (κ1) is 29.9. The van der Waals surface area contributed by atoms with Crippen molar-refractivity contribution in [1.29, 1.82) is 0 Å². The number of alkyl carbamates (subject to hydrolysis) is 1. The van der Waals surface area contributed by atoms with E-state index in [2.05, 4.69) is 10.6 Å². The molecule has 2 rings (SSSR count). The molecule has 2 N–H and O–H groups in total. The number of amides is 2. The molecule has 2 amide bonds. The Bertz CT molecular complexity index is 974. The van der Waals surface area contributed by atoms with Gasteiger partial charge in [0.05, 0.1) is 18.6 Å². The Kier molecular flexibility index (Phi) is 11.0. The number of rotatable bonds is 11. The van der Waals surface area contributed by atoms with Gasteiger partial charge in [0.1, 0.15) is 23.8 Å². The average molecular weight is 528 g/mol. The van der Waals surface area contributed by atoms with Gasteiger partial charge in [-0.3, -0.25) is 4.79 Å². The highest BCUT2D eigenvalue weighted by molar-refractivity contribution is 7.91. The van der Waals surface area contributed by atoms with Crippen LogP contribution in [0.15, 0.2) is 17.0 Å². The maximum absolute atomic E-state index is 12.8. The Morgan fingerprint density at radius 1 is 1.11 bits per heavy atom. The van der Waals surface area contributed by atoms with Crippen molar-refractivity contribution in [3.8, 4) is 5.75 Å². The number of hydrogen-bond donors (Lipinski definition) is 2. The van der Waals surface area contributed by atoms with E-state index in [4.69, 9.17) is 14.2 Å². The van der Waals surface area contributed by atoms with E-state index in [1.807, 2.05) is 20.8 Å². The molecule has 0 bridgehead atoms. The smallest absolute Gasteiger partial charge is 0.407 e. The standard InChI is InChI=1S/C25H41N3O7S/c1-18-13-21(33-6)14-19(2)23(18)36(31,32)17-26-9-12-34-16-22(29)28-10-7-20(8-11-28)15-27-24(30)35-25(3,4)5/h13-14,20,26H,7-12,15-17H2,1-6H3,(H,27,30). The van der Waals surface area contributed by atoms with Crippen molar-refractivity contribution < 1.29 is 32.2 Å². The van der Waals surface area contributed by atoms with Crippen LogP contribution in [0.4, 0.5) is 4.79 Å². The zero-order valence-electron chi connectivity index (χ0n) is 22.3. The SMILES string of the molecule is COc1cc(C)c(S(=O)(=O)CNCCOCC(=O)N2CCC(CNC(=O)OC(C)(C)C)CC2)c(C)c1. The van der Waals surface area contributed by atoms with Gasteiger partial charge in [0.25, 0.3) is 0 Å². The maximum Gasteiger partial charge on any atom is 0.407 e. The molecule has 0 unspecified atom stereocenters. The number of nitrogens with zero attached hydrogens (tertiary/aromatic N) is 1. The quantitative estimate of drug-likeness (QED) is 0.421. The summed E-state index contributed by atoms with van der Waals surface area (Å²) in [5.41, 5.74) is 0.748. The molecule has 10 nitrogen and oxygen atoms in total. The highest BCUT2D eigenvalue weighted by Gasteiger charge is 2.24. The molecular formula is C25H41N3O7S. The van der Waals surface area contributed by atoms with Crippen LogP contribution < -0.4 is 15.4 Å². The number of nitrogens with one attached hydrogen (secondary N) is 2. The number of benzene rings is 1. The molecule has 1 fully saturated rings. The Labute approximate surface area is 215 Å². The third-order valence-electron chi connectivity index (χ3n) is 5.82. The van der Waals surface area contributed by atoms with E-state index in [1.54, 1.807) is 38.0 Å². The van der Waals surface area contributed by atoms with Gasteiger partial charge in [-0.2, -0.15) is 0 Å². The molecule has 0 aliphatic carbocycles. The lowest BCUT2D eigenvalue weighted by Gasteiger charge is -2.32. The molecule has 1 aromatic rings. The molecule has 1 aliphatic heterocycles. The Morgan fingerprint density at radius 2 is 1.72 bits per heavy atom. The lowest BCUT2D eigenvalue weighted by Crippen LogP contribution is -2.43. The van der Waals surface area contributed by atoms with Gasteiger partial charge in [-0.05, 0) is 76.6 Å². The fraction of sp³-hybridized carbons (Fsp3) is 0.680. The largest absolute Gasteiger partial charge is 0.497 e. The van der Waals surface area contributed by atoms with Crippen LogP contribution in [0.2, 0.25) is 0 Å². The summed E-state index contributed by atoms with van der Waals surface area (Å²) in [5.74, 6) is 0.609. The van der Waals surface area contributed by atoms with Gasteiger partial charge < -0.3 is 29.7 Å². The molecule has 204 valence electrons. The zero-order chi connectivity index (χ0) is 26.9. The molecule has 0 radical (unpaired) electrons. The fourth-order valence-corrected chi connectivity index (χ4v) is 5.78. The Balaban J connectivity index is 1.64. The normalized spacial score (nSPS) is 15.0. The molecule has 1 heterocycles. The number of hydrogen-bond acceptors (Lipinski definition) is 8. The number of likely N-dealkylation sites (tertiary alicyclic amines) is 1. The first-order chi connectivity index (χ1) is 16.8. The summed E-state index contributed by atoms with van der Waals surface area (Å²) >= 11 is 0. The van der Waals surface area contributed by atoms with Crippen molar-refractivity contribution >= 4 is 21.8 Å². The lowest BCUT2D eigenvalue weighted by atomic mass is 9.97. The van der Waals surface area contributed by atoms with Gasteiger partial charge in [-0.1, -0.05) is 0 Å². The van der Waals surface area contributed by atoms with Gasteiger partial charge in [0.15, 0.2) is 9.84 Å². The van der Waals surface area contributed by atoms with Crippen LogP contribution >= 0.6 is 0 Å². The number of piperidine rings is 1. The highest BCUT2D eigenvalue weighted by Crippen LogP contribution is 2.26. The maximum atomic E-state index is 12.8. The second-order valence-corrected chi connectivity index (χ2v) is 12.0. The predicted octanol–water partition coefficient (Wildman–Crippen LogP) is 2.41. The molecule has 11 heteroatoms. The molecule has 0 atom stereocenters. The van der Waals surface area contributed by atoms with Gasteiger partial charge in [-0.15, -0.1) is 0 Å². The van der Waals surface area contributed by atoms with E-state index in [0.29, 0.717) is 53.9 Å². The van der Waals surface area contributed by atoms with Crippen molar-refractivity contribution in [2.75, 3.05) is 52.4 Å². The summed E-state index contributed by atoms with van der Waals surface area (Å²) < 4.78 is 41.4. The van der Waals surface area contributed by atoms with Gasteiger partial charge in [0, 0.05) is 26.2 Å². The number of carbonyl (C=O) groups excluding carboxylic acids is 2. The average Bonchev–Trinajstić information content (AvgIpc) is 2.78. The van der Waals surface area contributed by atoms with Crippen molar-refractivity contribution in [3.05, 3.63) is 23.3 Å². The monoisotopic (exact) mass is 527 g/mol. The Hall–Kier alpha value is -2.37. The van der Waals surface area contributed by atoms with Crippen molar-refractivity contribution in [1.82, 2.24) is 15.5 Å². The minimum absolute atomic E-state index is 0.0497. The number of methoxy groups -OCH3 is 1. The summed E-state index contributed by atoms with van der Waals surface area (Å²) in [6.45, 7) is 11.2. The molecule has 1 saturated heterocycles. The fourth-order valence-electron chi connectivity index (χ4n) is 4.12. The van der Waals surface area contributed by atoms with Crippen LogP contribution in [-0.2, 0) is 24.1 Å². The van der Waals surface area contributed by atoms with Gasteiger partial charge in [0.2, 0.25) is 5.91 Å². The van der Waals surface area contributed by atoms with Crippen molar-refractivity contribution in [2.45, 2.75) is 58.0 Å². The molecule has 0 saturated carbocycles. The van der Waals surface area contributed by atoms with Crippen LogP contribution in [0.3, 0.4) is 0 Å². The van der Waals surface area contributed by atoms with E-state index in [9.17, 15) is 18.0 Å². The molecule has 1 aliphatic rings. The van der Waals surface area contributed by atoms with E-state index >= 15 is 0 Å². The molecule has 36 heavy (non-hydrogen) atoms. The zero-order valence-corrected chi connectivity index (χ0v) is 23.1. The van der Waals surface area contributed by atoms with Crippen LogP contribution in [-0.4, -0.2) is 83.3 Å². The molecule has 0 aromatic heterocycles. The number of ether oxygens (including phenoxy) is 3. The Morgan fingerprint density at radius 3 is 2.28 bits per heavy atom. The van der Waals surface area contributed by atoms with E-state index in [-0.39, 0.29) is 25.0 Å². The lowest BCUT2D eigenvalue weighted by molar-refractivity contribution is -0.137. The minimum Gasteiger partial charge on any atom is -0.497 e. The second-order valence-electron chi connectivity index (χ2n) is 10.1. The van der Waals surface area contributed by atoms with Gasteiger partial charge in [-0.25, -0.2) is 13.2 Å². The van der Waals surface area contributed by atoms with E-state index in [0.717, 1.165) is 12.8 Å². The van der Waals surface area contributed by atoms with Crippen LogP contribution in [0.25, 0.3) is 0 Å². The van der Waals surface area contributed by atoms with E-state index < -0.39 is 21.5 Å². The number of sulfone groups is 1. The third kappa shape index (κ3) is 9.59. The summed E-state index contributed by atoms with van der Waals surface area (Å²) in [5, 5.41) is 5.68. The number of carbonyl (C=O) groups is 2.